The van der Waals surface area contributed by atoms with Crippen LogP contribution in [-0.2, 0) is 0 Å². The average Bonchev–Trinajstić information content (AvgIpc) is 2.68. The Morgan fingerprint density at radius 1 is 1.17 bits per heavy atom. The number of hydrogen-bond acceptors (Lipinski definition) is 0. The van der Waals surface area contributed by atoms with Crippen LogP contribution in [0.1, 0.15) is 46.0 Å². The molecule has 4 rings (SSSR count). The van der Waals surface area contributed by atoms with Crippen LogP contribution in [0.3, 0.4) is 0 Å². The van der Waals surface area contributed by atoms with Crippen LogP contribution in [0.15, 0.2) is 0 Å². The first-order valence-electron chi connectivity index (χ1n) is 5.66. The van der Waals surface area contributed by atoms with Gasteiger partial charge < -0.3 is 0 Å². The molecule has 4 saturated carbocycles. The van der Waals surface area contributed by atoms with Crippen molar-refractivity contribution in [2.75, 3.05) is 0 Å². The highest BCUT2D eigenvalue weighted by Gasteiger charge is 2.96. The van der Waals surface area contributed by atoms with Crippen LogP contribution < -0.4 is 0 Å². The molecule has 0 amide bonds. The summed E-state index contributed by atoms with van der Waals surface area (Å²) in [6.45, 7) is 4.89. The molecule has 0 nitrogen and oxygen atoms in total. The molecule has 4 fully saturated rings. The van der Waals surface area contributed by atoms with Gasteiger partial charge in [0.2, 0.25) is 0 Å². The van der Waals surface area contributed by atoms with E-state index in [0.29, 0.717) is 0 Å². The van der Waals surface area contributed by atoms with Crippen LogP contribution in [0, 0.1) is 28.1 Å². The van der Waals surface area contributed by atoms with E-state index in [1.54, 1.807) is 32.1 Å². The Hall–Kier alpha value is 0. The first-order valence-corrected chi connectivity index (χ1v) is 5.66. The Morgan fingerprint density at radius 3 is 2.25 bits per heavy atom. The van der Waals surface area contributed by atoms with Crippen LogP contribution in [0.4, 0.5) is 0 Å². The summed E-state index contributed by atoms with van der Waals surface area (Å²) in [6, 6.07) is 0. The van der Waals surface area contributed by atoms with Crippen molar-refractivity contribution in [3.05, 3.63) is 0 Å². The van der Waals surface area contributed by atoms with Crippen molar-refractivity contribution in [3.63, 3.8) is 0 Å². The summed E-state index contributed by atoms with van der Waals surface area (Å²) >= 11 is 0. The highest BCUT2D eigenvalue weighted by molar-refractivity contribution is 5.44. The van der Waals surface area contributed by atoms with E-state index in [0.717, 1.165) is 28.1 Å². The first-order chi connectivity index (χ1) is 5.66. The largest absolute Gasteiger partial charge is 0.0625 e. The van der Waals surface area contributed by atoms with Crippen LogP contribution in [0.2, 0.25) is 0 Å². The molecule has 1 spiro atoms. The predicted octanol–water partition coefficient (Wildman–Crippen LogP) is 3.22. The summed E-state index contributed by atoms with van der Waals surface area (Å²) in [4.78, 5) is 0. The fraction of sp³-hybridized carbons (Fsp3) is 1.00. The van der Waals surface area contributed by atoms with Crippen molar-refractivity contribution >= 4 is 0 Å². The Labute approximate surface area is 74.7 Å². The Balaban J connectivity index is 1.78. The van der Waals surface area contributed by atoms with Gasteiger partial charge in [0, 0.05) is 0 Å². The van der Waals surface area contributed by atoms with E-state index in [1.165, 1.54) is 0 Å². The maximum Gasteiger partial charge on any atom is -0.0170 e. The monoisotopic (exact) mass is 162 g/mol. The van der Waals surface area contributed by atoms with E-state index < -0.39 is 0 Å². The standard InChI is InChI=1S/C12H18/c1-8(2)9-5-10-6-12(10,7-10)11(9)3-4-11/h8-9H,3-7H2,1-2H3/t9-,10?,12?/m0/s1. The second-order valence-corrected chi connectivity index (χ2v) is 6.43. The van der Waals surface area contributed by atoms with Crippen molar-refractivity contribution in [3.8, 4) is 0 Å². The highest BCUT2D eigenvalue weighted by Crippen LogP contribution is 3.03. The summed E-state index contributed by atoms with van der Waals surface area (Å²) in [5.74, 6) is 2.09. The molecule has 0 aliphatic heterocycles. The lowest BCUT2D eigenvalue weighted by molar-refractivity contribution is 0.162. The van der Waals surface area contributed by atoms with Crippen molar-refractivity contribution in [2.24, 2.45) is 28.1 Å². The normalized spacial score (nSPS) is 61.8. The SMILES string of the molecule is CC(C)[C@@H]1CC23CC2(C3)C12CC2. The van der Waals surface area contributed by atoms with Gasteiger partial charge in [-0.25, -0.2) is 0 Å². The van der Waals surface area contributed by atoms with Gasteiger partial charge in [-0.3, -0.25) is 0 Å². The average molecular weight is 162 g/mol. The lowest BCUT2D eigenvalue weighted by Crippen LogP contribution is -2.25. The van der Waals surface area contributed by atoms with E-state index >= 15 is 0 Å². The molecule has 0 N–H and O–H groups in total. The zero-order valence-corrected chi connectivity index (χ0v) is 8.19. The van der Waals surface area contributed by atoms with Gasteiger partial charge in [-0.15, -0.1) is 0 Å². The molecule has 0 heteroatoms. The Kier molecular flexibility index (Phi) is 0.703. The molecular weight excluding hydrogens is 144 g/mol. The summed E-state index contributed by atoms with van der Waals surface area (Å²) in [5, 5.41) is 0. The highest BCUT2D eigenvalue weighted by atomic mass is 15.0. The third kappa shape index (κ3) is 0.383. The quantitative estimate of drug-likeness (QED) is 0.555. The lowest BCUT2D eigenvalue weighted by atomic mass is 9.72. The first kappa shape index (κ1) is 6.45. The number of rotatable bonds is 1. The van der Waals surface area contributed by atoms with Crippen molar-refractivity contribution in [2.45, 2.75) is 46.0 Å². The van der Waals surface area contributed by atoms with E-state index in [4.69, 9.17) is 0 Å². The molecule has 0 radical (unpaired) electrons. The Morgan fingerprint density at radius 2 is 1.83 bits per heavy atom. The summed E-state index contributed by atoms with van der Waals surface area (Å²) in [5.41, 5.74) is 2.84. The molecule has 0 unspecified atom stereocenters. The van der Waals surface area contributed by atoms with Gasteiger partial charge in [-0.05, 0) is 60.2 Å². The van der Waals surface area contributed by atoms with Crippen LogP contribution in [-0.4, -0.2) is 0 Å². The zero-order chi connectivity index (χ0) is 8.19. The van der Waals surface area contributed by atoms with E-state index in [2.05, 4.69) is 13.8 Å². The second-order valence-electron chi connectivity index (χ2n) is 6.43. The summed E-state index contributed by atoms with van der Waals surface area (Å²) in [7, 11) is 0. The van der Waals surface area contributed by atoms with Crippen LogP contribution in [0.5, 0.6) is 0 Å². The summed E-state index contributed by atoms with van der Waals surface area (Å²) < 4.78 is 0. The minimum Gasteiger partial charge on any atom is -0.0625 e. The molecule has 0 aromatic rings. The Bertz CT molecular complexity index is 264. The lowest BCUT2D eigenvalue weighted by Gasteiger charge is -2.32. The van der Waals surface area contributed by atoms with Gasteiger partial charge in [0.15, 0.2) is 0 Å². The minimum atomic E-state index is 0.918. The third-order valence-electron chi connectivity index (χ3n) is 5.91. The van der Waals surface area contributed by atoms with E-state index in [1.807, 2.05) is 0 Å². The van der Waals surface area contributed by atoms with E-state index in [-0.39, 0.29) is 0 Å². The van der Waals surface area contributed by atoms with Gasteiger partial charge in [0.1, 0.15) is 0 Å². The maximum atomic E-state index is 2.45. The molecule has 66 valence electrons. The predicted molar refractivity (Wildman–Crippen MR) is 48.7 cm³/mol. The molecule has 0 heterocycles. The van der Waals surface area contributed by atoms with Crippen molar-refractivity contribution in [1.29, 1.82) is 0 Å². The molecule has 0 aromatic heterocycles. The van der Waals surface area contributed by atoms with Gasteiger partial charge >= 0.3 is 0 Å². The third-order valence-corrected chi connectivity index (χ3v) is 5.91. The van der Waals surface area contributed by atoms with Crippen molar-refractivity contribution < 1.29 is 0 Å². The molecule has 0 bridgehead atoms. The minimum absolute atomic E-state index is 0.918. The van der Waals surface area contributed by atoms with E-state index in [9.17, 15) is 0 Å². The smallest absolute Gasteiger partial charge is 0.0170 e. The second kappa shape index (κ2) is 1.31. The number of hydrogen-bond donors (Lipinski definition) is 0. The molecule has 4 aliphatic rings. The molecule has 4 aliphatic carbocycles. The van der Waals surface area contributed by atoms with Crippen LogP contribution in [0.25, 0.3) is 0 Å². The topological polar surface area (TPSA) is 0 Å². The summed E-state index contributed by atoms with van der Waals surface area (Å²) in [6.07, 6.45) is 8.09. The molecular formula is C12H18. The molecule has 12 heavy (non-hydrogen) atoms. The molecule has 0 aromatic carbocycles. The van der Waals surface area contributed by atoms with Gasteiger partial charge in [-0.1, -0.05) is 13.8 Å². The van der Waals surface area contributed by atoms with Crippen LogP contribution >= 0.6 is 0 Å². The van der Waals surface area contributed by atoms with Gasteiger partial charge in [0.05, 0.1) is 0 Å². The fourth-order valence-corrected chi connectivity index (χ4v) is 5.06. The van der Waals surface area contributed by atoms with Crippen molar-refractivity contribution in [1.82, 2.24) is 0 Å². The maximum absolute atomic E-state index is 2.45. The fourth-order valence-electron chi connectivity index (χ4n) is 5.06. The zero-order valence-electron chi connectivity index (χ0n) is 8.19. The van der Waals surface area contributed by atoms with Gasteiger partial charge in [0.25, 0.3) is 0 Å². The molecule has 1 atom stereocenters. The molecule has 0 saturated heterocycles. The van der Waals surface area contributed by atoms with Gasteiger partial charge in [-0.2, -0.15) is 0 Å².